The zero-order chi connectivity index (χ0) is 10.8. The summed E-state index contributed by atoms with van der Waals surface area (Å²) in [6, 6.07) is 3.65. The van der Waals surface area contributed by atoms with Crippen LogP contribution in [0.15, 0.2) is 41.0 Å². The van der Waals surface area contributed by atoms with E-state index in [-0.39, 0.29) is 6.61 Å². The molecule has 0 aliphatic rings. The fraction of sp³-hybridized carbons (Fsp3) is 0.0769. The van der Waals surface area contributed by atoms with Gasteiger partial charge in [-0.2, -0.15) is 0 Å². The molecule has 0 aliphatic heterocycles. The molecular formula is C13H10O2. The lowest BCUT2D eigenvalue weighted by Crippen LogP contribution is -1.67. The summed E-state index contributed by atoms with van der Waals surface area (Å²) in [4.78, 5) is 0. The van der Waals surface area contributed by atoms with E-state index >= 15 is 0 Å². The van der Waals surface area contributed by atoms with Crippen molar-refractivity contribution in [2.45, 2.75) is 0 Å². The lowest BCUT2D eigenvalue weighted by atomic mass is 10.4. The monoisotopic (exact) mass is 198 g/mol. The van der Waals surface area contributed by atoms with Crippen LogP contribution in [-0.2, 0) is 0 Å². The molecule has 0 spiro atoms. The second-order valence-electron chi connectivity index (χ2n) is 2.47. The van der Waals surface area contributed by atoms with Crippen LogP contribution in [0.5, 0.6) is 0 Å². The Morgan fingerprint density at radius 3 is 2.73 bits per heavy atom. The Morgan fingerprint density at radius 1 is 1.27 bits per heavy atom. The van der Waals surface area contributed by atoms with Crippen LogP contribution in [0.2, 0.25) is 0 Å². The maximum absolute atomic E-state index is 8.40. The molecule has 1 rings (SSSR count). The van der Waals surface area contributed by atoms with Crippen LogP contribution in [0, 0.1) is 23.7 Å². The van der Waals surface area contributed by atoms with Crippen molar-refractivity contribution in [1.82, 2.24) is 0 Å². The second kappa shape index (κ2) is 7.26. The molecule has 74 valence electrons. The number of hydrogen-bond acceptors (Lipinski definition) is 2. The van der Waals surface area contributed by atoms with Gasteiger partial charge in [-0.05, 0) is 42.2 Å². The summed E-state index contributed by atoms with van der Waals surface area (Å²) in [5, 5.41) is 8.40. The first-order valence-electron chi connectivity index (χ1n) is 4.40. The van der Waals surface area contributed by atoms with Gasteiger partial charge in [0, 0.05) is 0 Å². The quantitative estimate of drug-likeness (QED) is 0.736. The number of furan rings is 1. The topological polar surface area (TPSA) is 33.4 Å². The van der Waals surface area contributed by atoms with Gasteiger partial charge in [-0.25, -0.2) is 0 Å². The first-order chi connectivity index (χ1) is 7.43. The van der Waals surface area contributed by atoms with E-state index < -0.39 is 0 Å². The third-order valence-corrected chi connectivity index (χ3v) is 1.39. The lowest BCUT2D eigenvalue weighted by Gasteiger charge is -1.76. The van der Waals surface area contributed by atoms with E-state index in [1.165, 1.54) is 0 Å². The maximum atomic E-state index is 8.40. The van der Waals surface area contributed by atoms with Gasteiger partial charge in [-0.3, -0.25) is 0 Å². The fourth-order valence-corrected chi connectivity index (χ4v) is 0.777. The summed E-state index contributed by atoms with van der Waals surface area (Å²) < 4.78 is 5.06. The average molecular weight is 198 g/mol. The standard InChI is InChI=1S/C13H10O2/c14-11-7-5-3-1-2-4-6-9-13-10-8-12-15-13/h5-10,12,14H,11H2. The van der Waals surface area contributed by atoms with E-state index in [0.29, 0.717) is 0 Å². The molecule has 1 heterocycles. The fourth-order valence-electron chi connectivity index (χ4n) is 0.777. The Hall–Kier alpha value is -2.16. The van der Waals surface area contributed by atoms with Crippen molar-refractivity contribution in [3.63, 3.8) is 0 Å². The summed E-state index contributed by atoms with van der Waals surface area (Å²) >= 11 is 0. The zero-order valence-corrected chi connectivity index (χ0v) is 8.10. The molecule has 0 radical (unpaired) electrons. The van der Waals surface area contributed by atoms with Gasteiger partial charge in [0.1, 0.15) is 5.76 Å². The highest BCUT2D eigenvalue weighted by molar-refractivity contribution is 5.48. The number of rotatable bonds is 2. The van der Waals surface area contributed by atoms with Crippen LogP contribution in [-0.4, -0.2) is 11.7 Å². The van der Waals surface area contributed by atoms with Gasteiger partial charge < -0.3 is 9.52 Å². The van der Waals surface area contributed by atoms with Crippen molar-refractivity contribution in [3.8, 4) is 23.7 Å². The van der Waals surface area contributed by atoms with E-state index in [2.05, 4.69) is 23.7 Å². The molecule has 0 aliphatic carbocycles. The van der Waals surface area contributed by atoms with Gasteiger partial charge in [0.15, 0.2) is 0 Å². The van der Waals surface area contributed by atoms with Crippen LogP contribution >= 0.6 is 0 Å². The van der Waals surface area contributed by atoms with Gasteiger partial charge in [0.25, 0.3) is 0 Å². The average Bonchev–Trinajstić information content (AvgIpc) is 2.75. The molecule has 1 aromatic heterocycles. The minimum Gasteiger partial charge on any atom is -0.465 e. The molecular weight excluding hydrogens is 188 g/mol. The molecule has 2 nitrogen and oxygen atoms in total. The van der Waals surface area contributed by atoms with Crippen molar-refractivity contribution < 1.29 is 9.52 Å². The summed E-state index contributed by atoms with van der Waals surface area (Å²) in [5.74, 6) is 11.4. The SMILES string of the molecule is OCC=CC#CC#CC=Cc1ccco1. The molecule has 0 atom stereocenters. The molecule has 2 heteroatoms. The molecule has 0 saturated carbocycles. The Bertz CT molecular complexity index is 442. The van der Waals surface area contributed by atoms with Gasteiger partial charge in [-0.15, -0.1) is 0 Å². The largest absolute Gasteiger partial charge is 0.465 e. The highest BCUT2D eigenvalue weighted by atomic mass is 16.3. The molecule has 0 amide bonds. The summed E-state index contributed by atoms with van der Waals surface area (Å²) in [6.07, 6.45) is 8.15. The summed E-state index contributed by atoms with van der Waals surface area (Å²) in [7, 11) is 0. The Balaban J connectivity index is 2.39. The molecule has 0 fully saturated rings. The highest BCUT2D eigenvalue weighted by Gasteiger charge is 1.83. The van der Waals surface area contributed by atoms with Crippen molar-refractivity contribution in [3.05, 3.63) is 42.4 Å². The van der Waals surface area contributed by atoms with E-state index in [4.69, 9.17) is 9.52 Å². The van der Waals surface area contributed by atoms with E-state index in [1.807, 2.05) is 12.1 Å². The lowest BCUT2D eigenvalue weighted by molar-refractivity contribution is 0.343. The van der Waals surface area contributed by atoms with Crippen LogP contribution in [0.1, 0.15) is 5.76 Å². The van der Waals surface area contributed by atoms with E-state index in [0.717, 1.165) is 5.76 Å². The van der Waals surface area contributed by atoms with Crippen LogP contribution in [0.4, 0.5) is 0 Å². The number of hydrogen-bond donors (Lipinski definition) is 1. The van der Waals surface area contributed by atoms with Crippen molar-refractivity contribution in [1.29, 1.82) is 0 Å². The summed E-state index contributed by atoms with van der Waals surface area (Å²) in [5.41, 5.74) is 0. The number of aliphatic hydroxyl groups excluding tert-OH is 1. The number of aliphatic hydroxyl groups is 1. The first kappa shape index (κ1) is 10.9. The zero-order valence-electron chi connectivity index (χ0n) is 8.10. The van der Waals surface area contributed by atoms with Crippen molar-refractivity contribution >= 4 is 6.08 Å². The van der Waals surface area contributed by atoms with Gasteiger partial charge in [0.2, 0.25) is 0 Å². The Labute approximate surface area is 88.9 Å². The third kappa shape index (κ3) is 5.21. The van der Waals surface area contributed by atoms with Crippen LogP contribution in [0.25, 0.3) is 6.08 Å². The van der Waals surface area contributed by atoms with Crippen molar-refractivity contribution in [2.24, 2.45) is 0 Å². The summed E-state index contributed by atoms with van der Waals surface area (Å²) in [6.45, 7) is 0.000501. The van der Waals surface area contributed by atoms with Crippen molar-refractivity contribution in [2.75, 3.05) is 6.61 Å². The normalized spacial score (nSPS) is 9.67. The molecule has 0 saturated heterocycles. The smallest absolute Gasteiger partial charge is 0.127 e. The van der Waals surface area contributed by atoms with Crippen LogP contribution in [0.3, 0.4) is 0 Å². The molecule has 0 bridgehead atoms. The first-order valence-corrected chi connectivity index (χ1v) is 4.40. The molecule has 0 aromatic carbocycles. The third-order valence-electron chi connectivity index (χ3n) is 1.39. The Morgan fingerprint density at radius 2 is 2.07 bits per heavy atom. The highest BCUT2D eigenvalue weighted by Crippen LogP contribution is 2.00. The Kier molecular flexibility index (Phi) is 5.29. The minimum atomic E-state index is 0.000501. The van der Waals surface area contributed by atoms with E-state index in [1.54, 1.807) is 30.6 Å². The molecule has 1 aromatic rings. The molecule has 1 N–H and O–H groups in total. The molecule has 0 unspecified atom stereocenters. The molecule has 15 heavy (non-hydrogen) atoms. The minimum absolute atomic E-state index is 0.000501. The van der Waals surface area contributed by atoms with E-state index in [9.17, 15) is 0 Å². The predicted molar refractivity (Wildman–Crippen MR) is 59.5 cm³/mol. The van der Waals surface area contributed by atoms with Crippen LogP contribution < -0.4 is 0 Å². The van der Waals surface area contributed by atoms with Gasteiger partial charge in [0.05, 0.1) is 12.9 Å². The number of allylic oxidation sites excluding steroid dienone is 2. The predicted octanol–water partition coefficient (Wildman–Crippen LogP) is 1.85. The van der Waals surface area contributed by atoms with Gasteiger partial charge >= 0.3 is 0 Å². The van der Waals surface area contributed by atoms with Gasteiger partial charge in [-0.1, -0.05) is 17.9 Å². The second-order valence-corrected chi connectivity index (χ2v) is 2.47. The maximum Gasteiger partial charge on any atom is 0.127 e.